The van der Waals surface area contributed by atoms with Crippen molar-refractivity contribution in [3.8, 4) is 0 Å². The molecule has 4 aliphatic carbocycles. The van der Waals surface area contributed by atoms with Crippen molar-refractivity contribution in [1.82, 2.24) is 0 Å². The van der Waals surface area contributed by atoms with Crippen molar-refractivity contribution < 1.29 is 29.0 Å². The highest BCUT2D eigenvalue weighted by atomic mass is 16.6. The smallest absolute Gasteiger partial charge is 0.333 e. The van der Waals surface area contributed by atoms with Crippen molar-refractivity contribution in [2.75, 3.05) is 0 Å². The Hall–Kier alpha value is -1.53. The molecule has 186 valence electrons. The van der Waals surface area contributed by atoms with Gasteiger partial charge >= 0.3 is 5.97 Å². The van der Waals surface area contributed by atoms with E-state index in [4.69, 9.17) is 9.47 Å². The fourth-order valence-corrected chi connectivity index (χ4v) is 9.49. The van der Waals surface area contributed by atoms with Gasteiger partial charge in [0.05, 0.1) is 22.5 Å². The number of carbonyl (C=O) groups excluding carboxylic acids is 3. The molecule has 0 amide bonds. The molecule has 6 aliphatic rings. The molecule has 6 heteroatoms. The predicted molar refractivity (Wildman–Crippen MR) is 124 cm³/mol. The van der Waals surface area contributed by atoms with Crippen LogP contribution in [0.15, 0.2) is 11.1 Å². The van der Waals surface area contributed by atoms with Crippen LogP contribution in [0.1, 0.15) is 86.0 Å². The standard InChI is InChI=1S/C28H38O6/c1-14-11-20(33-24(31)15(14)2)16(3)27(32)10-8-18-17-12-23-28(34-23)9-6-7-21(29)26(28,5)19(17)13-22(30)25(18,27)4/h16-20,23,32H,6-13H2,1-5H3/t16-,17+,18+,19+,20-,23-,25-,26+,27-,28-/m1/s1. The molecule has 0 aromatic carbocycles. The number of hydrogen-bond donors (Lipinski definition) is 1. The molecule has 0 aromatic heterocycles. The molecular formula is C28H38O6. The summed E-state index contributed by atoms with van der Waals surface area (Å²) in [6.45, 7) is 9.70. The Kier molecular flexibility index (Phi) is 4.59. The molecule has 4 saturated carbocycles. The quantitative estimate of drug-likeness (QED) is 0.486. The number of epoxide rings is 1. The molecule has 1 N–H and O–H groups in total. The lowest BCUT2D eigenvalue weighted by molar-refractivity contribution is -0.190. The third-order valence-electron chi connectivity index (χ3n) is 12.0. The average molecular weight is 471 g/mol. The van der Waals surface area contributed by atoms with E-state index in [0.29, 0.717) is 31.3 Å². The lowest BCUT2D eigenvalue weighted by Crippen LogP contribution is -2.66. The topological polar surface area (TPSA) is 93.2 Å². The van der Waals surface area contributed by atoms with E-state index < -0.39 is 22.5 Å². The monoisotopic (exact) mass is 470 g/mol. The number of rotatable bonds is 2. The predicted octanol–water partition coefficient (Wildman–Crippen LogP) is 3.93. The number of esters is 1. The first-order valence-electron chi connectivity index (χ1n) is 13.3. The van der Waals surface area contributed by atoms with Crippen molar-refractivity contribution in [3.63, 3.8) is 0 Å². The van der Waals surface area contributed by atoms with E-state index in [1.807, 2.05) is 20.8 Å². The zero-order chi connectivity index (χ0) is 24.4. The highest BCUT2D eigenvalue weighted by Gasteiger charge is 2.80. The largest absolute Gasteiger partial charge is 0.458 e. The summed E-state index contributed by atoms with van der Waals surface area (Å²) < 4.78 is 12.1. The maximum absolute atomic E-state index is 14.0. The Morgan fingerprint density at radius 1 is 1.00 bits per heavy atom. The SMILES string of the molecule is CC1=C(C)C(=O)O[C@@H]([C@@H](C)[C@]2(O)CC[C@H]3[C@@H]4C[C@H]5O[C@]56CCCC(=O)[C@]6(C)[C@H]4CC(=O)[C@@]32C)C1. The molecule has 0 unspecified atom stereocenters. The van der Waals surface area contributed by atoms with Crippen molar-refractivity contribution in [2.24, 2.45) is 34.5 Å². The molecule has 0 radical (unpaired) electrons. The zero-order valence-electron chi connectivity index (χ0n) is 21.1. The van der Waals surface area contributed by atoms with E-state index >= 15 is 0 Å². The Morgan fingerprint density at radius 3 is 2.44 bits per heavy atom. The van der Waals surface area contributed by atoms with Crippen LogP contribution in [0.4, 0.5) is 0 Å². The minimum Gasteiger partial charge on any atom is -0.458 e. The summed E-state index contributed by atoms with van der Waals surface area (Å²) in [5, 5.41) is 12.3. The van der Waals surface area contributed by atoms with Gasteiger partial charge in [-0.05, 0) is 77.6 Å². The van der Waals surface area contributed by atoms with Gasteiger partial charge in [0.2, 0.25) is 0 Å². The van der Waals surface area contributed by atoms with E-state index in [-0.39, 0.29) is 52.9 Å². The summed E-state index contributed by atoms with van der Waals surface area (Å²) >= 11 is 0. The van der Waals surface area contributed by atoms with Gasteiger partial charge in [-0.2, -0.15) is 0 Å². The number of hydrogen-bond acceptors (Lipinski definition) is 6. The van der Waals surface area contributed by atoms with Crippen LogP contribution in [0, 0.1) is 34.5 Å². The Labute approximate surface area is 201 Å². The van der Waals surface area contributed by atoms with Crippen LogP contribution in [0.3, 0.4) is 0 Å². The summed E-state index contributed by atoms with van der Waals surface area (Å²) in [4.78, 5) is 39.8. The van der Waals surface area contributed by atoms with Crippen LogP contribution in [0.2, 0.25) is 0 Å². The van der Waals surface area contributed by atoms with Gasteiger partial charge in [-0.15, -0.1) is 0 Å². The maximum Gasteiger partial charge on any atom is 0.333 e. The second kappa shape index (κ2) is 6.82. The minimum absolute atomic E-state index is 0.0115. The van der Waals surface area contributed by atoms with E-state index in [1.165, 1.54) is 0 Å². The second-order valence-electron chi connectivity index (χ2n) is 12.7. The first-order chi connectivity index (χ1) is 15.9. The highest BCUT2D eigenvalue weighted by Crippen LogP contribution is 2.73. The normalized spacial score (nSPS) is 52.9. The van der Waals surface area contributed by atoms with E-state index in [9.17, 15) is 19.5 Å². The number of ether oxygens (including phenoxy) is 2. The highest BCUT2D eigenvalue weighted by molar-refractivity contribution is 5.92. The molecule has 2 aliphatic heterocycles. The van der Waals surface area contributed by atoms with Crippen molar-refractivity contribution in [1.29, 1.82) is 0 Å². The van der Waals surface area contributed by atoms with Gasteiger partial charge in [0.1, 0.15) is 23.3 Å². The number of cyclic esters (lactones) is 1. The third kappa shape index (κ3) is 2.42. The van der Waals surface area contributed by atoms with E-state index in [2.05, 4.69) is 6.92 Å². The molecule has 1 saturated heterocycles. The minimum atomic E-state index is -1.24. The Bertz CT molecular complexity index is 1030. The molecule has 0 bridgehead atoms. The molecule has 10 atom stereocenters. The van der Waals surface area contributed by atoms with Crippen LogP contribution in [-0.2, 0) is 23.9 Å². The fourth-order valence-electron chi connectivity index (χ4n) is 9.49. The molecule has 6 nitrogen and oxygen atoms in total. The number of carbonyl (C=O) groups is 3. The molecule has 6 rings (SSSR count). The van der Waals surface area contributed by atoms with Gasteiger partial charge < -0.3 is 14.6 Å². The fraction of sp³-hybridized carbons (Fsp3) is 0.821. The molecule has 34 heavy (non-hydrogen) atoms. The first kappa shape index (κ1) is 22.9. The number of Topliss-reactive ketones (excluding diaryl/α,β-unsaturated/α-hetero) is 2. The van der Waals surface area contributed by atoms with E-state index in [1.54, 1.807) is 6.92 Å². The molecular weight excluding hydrogens is 432 g/mol. The van der Waals surface area contributed by atoms with Crippen molar-refractivity contribution >= 4 is 17.5 Å². The third-order valence-corrected chi connectivity index (χ3v) is 12.0. The maximum atomic E-state index is 14.0. The van der Waals surface area contributed by atoms with Crippen LogP contribution in [0.5, 0.6) is 0 Å². The van der Waals surface area contributed by atoms with Gasteiger partial charge in [0, 0.05) is 30.8 Å². The zero-order valence-corrected chi connectivity index (χ0v) is 21.1. The van der Waals surface area contributed by atoms with Gasteiger partial charge in [0.15, 0.2) is 0 Å². The summed E-state index contributed by atoms with van der Waals surface area (Å²) in [5.41, 5.74) is -1.48. The molecule has 5 fully saturated rings. The van der Waals surface area contributed by atoms with Crippen molar-refractivity contribution in [3.05, 3.63) is 11.1 Å². The summed E-state index contributed by atoms with van der Waals surface area (Å²) in [7, 11) is 0. The Morgan fingerprint density at radius 2 is 1.74 bits per heavy atom. The lowest BCUT2D eigenvalue weighted by atomic mass is 9.43. The van der Waals surface area contributed by atoms with Gasteiger partial charge in [-0.25, -0.2) is 4.79 Å². The molecule has 1 spiro atoms. The first-order valence-corrected chi connectivity index (χ1v) is 13.3. The van der Waals surface area contributed by atoms with E-state index in [0.717, 1.165) is 31.3 Å². The molecule has 0 aromatic rings. The van der Waals surface area contributed by atoms with Crippen LogP contribution in [-0.4, -0.2) is 46.1 Å². The summed E-state index contributed by atoms with van der Waals surface area (Å²) in [6.07, 6.45) is 5.10. The van der Waals surface area contributed by atoms with Gasteiger partial charge in [-0.3, -0.25) is 9.59 Å². The van der Waals surface area contributed by atoms with Gasteiger partial charge in [0.25, 0.3) is 0 Å². The number of ketones is 2. The van der Waals surface area contributed by atoms with Gasteiger partial charge in [-0.1, -0.05) is 12.5 Å². The van der Waals surface area contributed by atoms with Crippen LogP contribution < -0.4 is 0 Å². The molecule has 2 heterocycles. The van der Waals surface area contributed by atoms with Crippen molar-refractivity contribution in [2.45, 2.75) is 109 Å². The van der Waals surface area contributed by atoms with Crippen LogP contribution in [0.25, 0.3) is 0 Å². The number of aliphatic hydroxyl groups is 1. The Balaban J connectivity index is 1.35. The number of fused-ring (bicyclic) bond motifs is 4. The van der Waals surface area contributed by atoms with Crippen LogP contribution >= 0.6 is 0 Å². The lowest BCUT2D eigenvalue weighted by Gasteiger charge is -2.58. The summed E-state index contributed by atoms with van der Waals surface area (Å²) in [5.74, 6) is -0.153. The summed E-state index contributed by atoms with van der Waals surface area (Å²) in [6, 6.07) is 0. The average Bonchev–Trinajstić information content (AvgIpc) is 3.42. The second-order valence-corrected chi connectivity index (χ2v) is 12.7.